The van der Waals surface area contributed by atoms with Gasteiger partial charge in [0.05, 0.1) is 33.5 Å². The molecular weight excluding hydrogens is 645 g/mol. The molecule has 3 nitrogen and oxygen atoms in total. The van der Waals surface area contributed by atoms with Gasteiger partial charge in [-0.2, -0.15) is 0 Å². The Bertz CT molecular complexity index is 3170. The fourth-order valence-corrected chi connectivity index (χ4v) is 8.48. The van der Waals surface area contributed by atoms with Crippen LogP contribution in [0.4, 0.5) is 17.1 Å². The fraction of sp³-hybridized carbons (Fsp3) is 0. The summed E-state index contributed by atoms with van der Waals surface area (Å²) >= 11 is 0. The lowest BCUT2D eigenvalue weighted by molar-refractivity contribution is 0.670. The number of nitrogens with zero attached hydrogens (tertiary/aromatic N) is 2. The fourth-order valence-electron chi connectivity index (χ4n) is 8.48. The molecule has 11 aromatic rings. The van der Waals surface area contributed by atoms with Gasteiger partial charge in [0, 0.05) is 32.8 Å². The van der Waals surface area contributed by atoms with Crippen LogP contribution in [0.2, 0.25) is 0 Å². The van der Waals surface area contributed by atoms with Crippen LogP contribution in [0, 0.1) is 0 Å². The molecule has 2 aromatic heterocycles. The minimum atomic E-state index is 0.868. The highest BCUT2D eigenvalue weighted by Crippen LogP contribution is 2.50. The van der Waals surface area contributed by atoms with Crippen LogP contribution in [-0.4, -0.2) is 4.57 Å². The van der Waals surface area contributed by atoms with Crippen LogP contribution in [0.15, 0.2) is 199 Å². The molecule has 0 saturated heterocycles. The summed E-state index contributed by atoms with van der Waals surface area (Å²) in [5.74, 6) is 0. The van der Waals surface area contributed by atoms with Gasteiger partial charge in [-0.1, -0.05) is 146 Å². The number of rotatable bonds is 5. The minimum Gasteiger partial charge on any atom is -0.455 e. The number of fused-ring (bicyclic) bond motifs is 9. The van der Waals surface area contributed by atoms with E-state index < -0.39 is 0 Å². The van der Waals surface area contributed by atoms with Crippen LogP contribution in [0.5, 0.6) is 0 Å². The van der Waals surface area contributed by atoms with Crippen molar-refractivity contribution in [1.29, 1.82) is 0 Å². The second-order valence-electron chi connectivity index (χ2n) is 13.7. The van der Waals surface area contributed by atoms with Crippen LogP contribution >= 0.6 is 0 Å². The first-order valence-electron chi connectivity index (χ1n) is 18.1. The Morgan fingerprint density at radius 1 is 0.396 bits per heavy atom. The van der Waals surface area contributed by atoms with Gasteiger partial charge in [-0.3, -0.25) is 0 Å². The Morgan fingerprint density at radius 2 is 1.06 bits per heavy atom. The molecule has 0 saturated carbocycles. The quantitative estimate of drug-likeness (QED) is 0.169. The Hall–Kier alpha value is -7.10. The monoisotopic (exact) mass is 676 g/mol. The van der Waals surface area contributed by atoms with Crippen molar-refractivity contribution in [2.24, 2.45) is 0 Å². The predicted octanol–water partition coefficient (Wildman–Crippen LogP) is 14.1. The van der Waals surface area contributed by atoms with Crippen LogP contribution in [0.3, 0.4) is 0 Å². The van der Waals surface area contributed by atoms with Crippen LogP contribution in [0.1, 0.15) is 0 Å². The largest absolute Gasteiger partial charge is 0.455 e. The standard InChI is InChI=1S/C50H32N2O/c1-3-15-33(16-4-1)37-31-32-45(48-42-22-10-12-28-47(42)53-50(37)48)52(44-26-13-23-38-36-20-8-7-17-34(36)29-30-40(38)44)46-27-14-24-41-39-21-9-11-25-43(39)51(49(41)46)35-18-5-2-6-19-35/h1-32H. The van der Waals surface area contributed by atoms with Gasteiger partial charge in [-0.15, -0.1) is 0 Å². The van der Waals surface area contributed by atoms with Crippen molar-refractivity contribution in [2.75, 3.05) is 4.90 Å². The number of hydrogen-bond donors (Lipinski definition) is 0. The van der Waals surface area contributed by atoms with Crippen molar-refractivity contribution >= 4 is 82.4 Å². The lowest BCUT2D eigenvalue weighted by Gasteiger charge is -2.29. The summed E-state index contributed by atoms with van der Waals surface area (Å²) in [6.07, 6.45) is 0. The molecule has 0 radical (unpaired) electrons. The van der Waals surface area contributed by atoms with Gasteiger partial charge < -0.3 is 13.9 Å². The molecule has 0 unspecified atom stereocenters. The maximum Gasteiger partial charge on any atom is 0.145 e. The lowest BCUT2D eigenvalue weighted by Crippen LogP contribution is -2.13. The number of para-hydroxylation sites is 4. The summed E-state index contributed by atoms with van der Waals surface area (Å²) in [4.78, 5) is 2.48. The average Bonchev–Trinajstić information content (AvgIpc) is 3.79. The molecule has 0 fully saturated rings. The van der Waals surface area contributed by atoms with Crippen LogP contribution < -0.4 is 4.90 Å². The van der Waals surface area contributed by atoms with Crippen molar-refractivity contribution in [2.45, 2.75) is 0 Å². The number of benzene rings is 9. The van der Waals surface area contributed by atoms with Crippen molar-refractivity contribution in [3.8, 4) is 16.8 Å². The van der Waals surface area contributed by atoms with Gasteiger partial charge in [0.2, 0.25) is 0 Å². The summed E-state index contributed by atoms with van der Waals surface area (Å²) in [5, 5.41) is 9.45. The van der Waals surface area contributed by atoms with Gasteiger partial charge in [0.15, 0.2) is 0 Å². The van der Waals surface area contributed by atoms with E-state index in [0.717, 1.165) is 61.3 Å². The van der Waals surface area contributed by atoms with Gasteiger partial charge in [-0.25, -0.2) is 0 Å². The molecule has 11 rings (SSSR count). The Balaban J connectivity index is 1.32. The molecule has 248 valence electrons. The molecule has 9 aromatic carbocycles. The van der Waals surface area contributed by atoms with E-state index in [4.69, 9.17) is 4.42 Å². The van der Waals surface area contributed by atoms with E-state index in [9.17, 15) is 0 Å². The molecule has 3 heteroatoms. The van der Waals surface area contributed by atoms with Crippen LogP contribution in [0.25, 0.3) is 82.1 Å². The third-order valence-corrected chi connectivity index (χ3v) is 10.8. The van der Waals surface area contributed by atoms with Crippen molar-refractivity contribution < 1.29 is 4.42 Å². The van der Waals surface area contributed by atoms with Gasteiger partial charge in [-0.05, 0) is 70.3 Å². The van der Waals surface area contributed by atoms with E-state index in [1.807, 2.05) is 0 Å². The van der Waals surface area contributed by atoms with Gasteiger partial charge in [0.25, 0.3) is 0 Å². The second-order valence-corrected chi connectivity index (χ2v) is 13.7. The summed E-state index contributed by atoms with van der Waals surface area (Å²) in [6.45, 7) is 0. The molecule has 0 spiro atoms. The molecule has 0 aliphatic heterocycles. The number of hydrogen-bond acceptors (Lipinski definition) is 2. The highest BCUT2D eigenvalue weighted by Gasteiger charge is 2.26. The lowest BCUT2D eigenvalue weighted by atomic mass is 9.97. The Morgan fingerprint density at radius 3 is 1.91 bits per heavy atom. The summed E-state index contributed by atoms with van der Waals surface area (Å²) in [5.41, 5.74) is 10.6. The Kier molecular flexibility index (Phi) is 6.55. The van der Waals surface area contributed by atoms with Gasteiger partial charge >= 0.3 is 0 Å². The molecule has 2 heterocycles. The highest BCUT2D eigenvalue weighted by molar-refractivity contribution is 6.22. The zero-order chi connectivity index (χ0) is 34.9. The summed E-state index contributed by atoms with van der Waals surface area (Å²) in [7, 11) is 0. The smallest absolute Gasteiger partial charge is 0.145 e. The number of furan rings is 1. The summed E-state index contributed by atoms with van der Waals surface area (Å²) in [6, 6.07) is 69.7. The Labute approximate surface area is 306 Å². The summed E-state index contributed by atoms with van der Waals surface area (Å²) < 4.78 is 9.27. The SMILES string of the molecule is c1ccc(-c2ccc(N(c3cccc4c3ccc3ccccc34)c3cccc4c5ccccc5n(-c5ccccc5)c34)c3c2oc2ccccc23)cc1. The van der Waals surface area contributed by atoms with E-state index in [2.05, 4.69) is 204 Å². The first kappa shape index (κ1) is 29.6. The molecule has 0 amide bonds. The molecule has 0 aliphatic rings. The zero-order valence-electron chi connectivity index (χ0n) is 28.8. The second kappa shape index (κ2) is 11.7. The van der Waals surface area contributed by atoms with Crippen molar-refractivity contribution in [3.05, 3.63) is 194 Å². The van der Waals surface area contributed by atoms with E-state index in [1.165, 1.54) is 37.8 Å². The molecule has 0 aliphatic carbocycles. The third-order valence-electron chi connectivity index (χ3n) is 10.8. The number of aromatic nitrogens is 1. The van der Waals surface area contributed by atoms with E-state index in [-0.39, 0.29) is 0 Å². The average molecular weight is 677 g/mol. The normalized spacial score (nSPS) is 11.8. The molecule has 0 atom stereocenters. The zero-order valence-corrected chi connectivity index (χ0v) is 28.8. The molecule has 0 N–H and O–H groups in total. The maximum atomic E-state index is 6.84. The number of anilines is 3. The van der Waals surface area contributed by atoms with E-state index in [0.29, 0.717) is 0 Å². The third kappa shape index (κ3) is 4.47. The predicted molar refractivity (Wildman–Crippen MR) is 223 cm³/mol. The molecule has 0 bridgehead atoms. The molecule has 53 heavy (non-hydrogen) atoms. The van der Waals surface area contributed by atoms with Crippen molar-refractivity contribution in [1.82, 2.24) is 4.57 Å². The van der Waals surface area contributed by atoms with E-state index >= 15 is 0 Å². The van der Waals surface area contributed by atoms with Crippen LogP contribution in [-0.2, 0) is 0 Å². The first-order valence-corrected chi connectivity index (χ1v) is 18.1. The highest BCUT2D eigenvalue weighted by atomic mass is 16.3. The van der Waals surface area contributed by atoms with Gasteiger partial charge in [0.1, 0.15) is 11.2 Å². The topological polar surface area (TPSA) is 21.3 Å². The minimum absolute atomic E-state index is 0.868. The first-order chi connectivity index (χ1) is 26.3. The van der Waals surface area contributed by atoms with E-state index in [1.54, 1.807) is 0 Å². The maximum absolute atomic E-state index is 6.84. The van der Waals surface area contributed by atoms with Crippen molar-refractivity contribution in [3.63, 3.8) is 0 Å². The molecular formula is C50H32N2O.